The number of guanidine groups is 1. The number of H-pyrrole nitrogens is 1. The van der Waals surface area contributed by atoms with Gasteiger partial charge in [0, 0.05) is 86.2 Å². The van der Waals surface area contributed by atoms with E-state index in [2.05, 4.69) is 67.9 Å². The lowest BCUT2D eigenvalue weighted by molar-refractivity contribution is -0.255. The zero-order valence-electron chi connectivity index (χ0n) is 61.4. The van der Waals surface area contributed by atoms with Crippen molar-refractivity contribution in [3.05, 3.63) is 65.4 Å². The second-order valence-electron chi connectivity index (χ2n) is 26.4. The fraction of sp³-hybridized carbons (Fsp3) is 0.571. The average molecular weight is 1560 g/mol. The van der Waals surface area contributed by atoms with Gasteiger partial charge in [0.05, 0.1) is 20.1 Å². The number of fused-ring (bicyclic) bond motifs is 7. The Kier molecular flexibility index (Phi) is 36.6. The molecule has 12 amide bonds. The van der Waals surface area contributed by atoms with Crippen molar-refractivity contribution in [2.45, 2.75) is 189 Å². The third-order valence-electron chi connectivity index (χ3n) is 18.0. The van der Waals surface area contributed by atoms with E-state index >= 15 is 4.79 Å². The van der Waals surface area contributed by atoms with Gasteiger partial charge in [-0.2, -0.15) is 28.4 Å². The molecule has 1 fully saturated rings. The fourth-order valence-corrected chi connectivity index (χ4v) is 14.0. The number of amides is 12. The van der Waals surface area contributed by atoms with Crippen LogP contribution in [0.3, 0.4) is 0 Å². The number of nitrogens with two attached hydrogens (primary N) is 4. The number of ether oxygens (including phenoxy) is 2. The van der Waals surface area contributed by atoms with Crippen molar-refractivity contribution in [3.8, 4) is 5.75 Å². The number of thioether (sulfide) groups is 2. The van der Waals surface area contributed by atoms with E-state index in [1.165, 1.54) is 23.8 Å². The first-order chi connectivity index (χ1) is 52.2. The van der Waals surface area contributed by atoms with Crippen LogP contribution in [0.15, 0.2) is 58.8 Å². The van der Waals surface area contributed by atoms with Crippen molar-refractivity contribution in [1.82, 2.24) is 57.7 Å². The van der Waals surface area contributed by atoms with Crippen LogP contribution < -0.4 is 75.5 Å². The molecule has 0 unspecified atom stereocenters. The van der Waals surface area contributed by atoms with Crippen LogP contribution in [0, 0.1) is 5.92 Å². The Morgan fingerprint density at radius 1 is 0.679 bits per heavy atom. The zero-order valence-corrected chi connectivity index (χ0v) is 63.0. The lowest BCUT2D eigenvalue weighted by Gasteiger charge is -2.31. The summed E-state index contributed by atoms with van der Waals surface area (Å²) in [6.45, 7) is 3.56. The highest BCUT2D eigenvalue weighted by Gasteiger charge is 2.42. The maximum atomic E-state index is 15.3. The minimum absolute atomic E-state index is 0.0126. The molecule has 3 aromatic rings. The summed E-state index contributed by atoms with van der Waals surface area (Å²) >= 11 is 2.37. The molecule has 6 rings (SSSR count). The minimum atomic E-state index is -1.90. The van der Waals surface area contributed by atoms with Gasteiger partial charge in [0.2, 0.25) is 65.0 Å². The minimum Gasteiger partial charge on any atom is -0.494 e. The van der Waals surface area contributed by atoms with Gasteiger partial charge in [-0.05, 0) is 111 Å². The number of oxime groups is 1. The number of benzene rings is 2. The Balaban J connectivity index is 1.46. The zero-order chi connectivity index (χ0) is 79.5. The highest BCUT2D eigenvalue weighted by molar-refractivity contribution is 7.98. The molecule has 4 bridgehead atoms. The molecule has 0 spiro atoms. The van der Waals surface area contributed by atoms with Crippen LogP contribution in [0.5, 0.6) is 5.75 Å². The largest absolute Gasteiger partial charge is 0.494 e. The molecule has 11 atom stereocenters. The predicted molar refractivity (Wildman–Crippen MR) is 399 cm³/mol. The van der Waals surface area contributed by atoms with Crippen molar-refractivity contribution in [2.75, 3.05) is 58.6 Å². The van der Waals surface area contributed by atoms with Crippen molar-refractivity contribution in [2.24, 2.45) is 39.0 Å². The van der Waals surface area contributed by atoms with Crippen LogP contribution in [0.25, 0.3) is 10.9 Å². The van der Waals surface area contributed by atoms with Crippen molar-refractivity contribution in [3.63, 3.8) is 0 Å². The number of carboxylic acid groups (broad SMARTS) is 1. The molecule has 4 heterocycles. The van der Waals surface area contributed by atoms with Gasteiger partial charge >= 0.3 is 11.9 Å². The molecule has 3 aliphatic heterocycles. The Bertz CT molecular complexity index is 3730. The van der Waals surface area contributed by atoms with Gasteiger partial charge in [-0.1, -0.05) is 49.7 Å². The number of hydrogen-bond donors (Lipinski definition) is 15. The lowest BCUT2D eigenvalue weighted by Crippen LogP contribution is -2.62. The normalized spacial score (nSPS) is 24.2. The number of carbonyl (C=O) groups is 14. The monoisotopic (exact) mass is 1560 g/mol. The summed E-state index contributed by atoms with van der Waals surface area (Å²) in [7, 11) is 2.33. The molecule has 3 aliphatic rings. The molecule has 1 saturated heterocycles. The summed E-state index contributed by atoms with van der Waals surface area (Å²) < 4.78 is 11.6. The molecule has 37 nitrogen and oxygen atoms in total. The molecule has 0 aliphatic carbocycles. The Morgan fingerprint density at radius 2 is 1.28 bits per heavy atom. The summed E-state index contributed by atoms with van der Waals surface area (Å²) in [6.07, 6.45) is 1.91. The SMILES string of the molecule is CC[C@H](C)[C@@H]1NC(=O)[C@H](CC(=O)OOC)NC(=O)[C@H](CCOC)NC(=O)[C@@H]2CCCN2C(=O)[C@@H]2CSCc3cc(cc(c3)OCCCCCCO/N=C/C(=O)N[C@@H](CCCN=C(N)N)C(=O)N2)CSC[C@@H](C(N)=O)NC(=O)[C@H](CCC(=O)O)NC(=O)[C@H](CCC(N)=O)NC(=O)[C@H](Cc2c[nH]c3ccccc23)NC1=O. The average Bonchev–Trinajstić information content (AvgIpc) is 1.72. The highest BCUT2D eigenvalue weighted by atomic mass is 32.2. The third kappa shape index (κ3) is 29.3. The number of primary amides is 2. The molecule has 19 N–H and O–H groups in total. The van der Waals surface area contributed by atoms with Gasteiger partial charge in [-0.25, -0.2) is 4.79 Å². The number of nitrogens with zero attached hydrogens (tertiary/aromatic N) is 3. The van der Waals surface area contributed by atoms with E-state index in [-0.39, 0.29) is 107 Å². The van der Waals surface area contributed by atoms with Crippen LogP contribution in [0.2, 0.25) is 0 Å². The maximum Gasteiger partial charge on any atom is 0.344 e. The van der Waals surface area contributed by atoms with Crippen LogP contribution in [-0.4, -0.2) is 229 Å². The summed E-state index contributed by atoms with van der Waals surface area (Å²) in [5.41, 5.74) is 25.1. The quantitative estimate of drug-likeness (QED) is 0.0189. The first-order valence-corrected chi connectivity index (χ1v) is 38.2. The molecule has 2 aromatic carbocycles. The molecule has 0 radical (unpaired) electrons. The van der Waals surface area contributed by atoms with E-state index in [0.717, 1.165) is 31.5 Å². The van der Waals surface area contributed by atoms with Crippen LogP contribution in [0.1, 0.15) is 127 Å². The third-order valence-corrected chi connectivity index (χ3v) is 20.2. The summed E-state index contributed by atoms with van der Waals surface area (Å²) in [5, 5.41) is 37.7. The lowest BCUT2D eigenvalue weighted by atomic mass is 9.96. The van der Waals surface area contributed by atoms with E-state index in [0.29, 0.717) is 52.6 Å². The van der Waals surface area contributed by atoms with Gasteiger partial charge in [0.25, 0.3) is 5.91 Å². The number of carbonyl (C=O) groups excluding carboxylic acids is 13. The predicted octanol–water partition coefficient (Wildman–Crippen LogP) is -1.55. The van der Waals surface area contributed by atoms with Crippen LogP contribution >= 0.6 is 23.5 Å². The maximum absolute atomic E-state index is 15.3. The second-order valence-corrected chi connectivity index (χ2v) is 28.4. The van der Waals surface area contributed by atoms with E-state index < -0.39 is 181 Å². The first kappa shape index (κ1) is 87.6. The van der Waals surface area contributed by atoms with Gasteiger partial charge in [-0.3, -0.25) is 72.2 Å². The number of aromatic amines is 1. The molecular formula is C70H101N17O20S2. The molecular weight excluding hydrogens is 1460 g/mol. The number of rotatable bonds is 21. The molecule has 109 heavy (non-hydrogen) atoms. The van der Waals surface area contributed by atoms with Crippen molar-refractivity contribution >= 4 is 129 Å². The second kappa shape index (κ2) is 45.5. The number of aliphatic imine (C=N–C) groups is 1. The number of nitrogens with one attached hydrogen (secondary N) is 10. The number of aliphatic carboxylic acids is 1. The van der Waals surface area contributed by atoms with Crippen LogP contribution in [0.4, 0.5) is 0 Å². The van der Waals surface area contributed by atoms with Gasteiger partial charge in [-0.15, -0.1) is 0 Å². The molecule has 1 aromatic heterocycles. The number of methoxy groups -OCH3 is 1. The standard InChI is InChI=1S/C70H101N17O20S2/c1-5-39(2)59-68(101)83-50(31-42-33-76-45-15-9-8-14-44(42)45)65(98)80-47(18-20-55(71)88)62(95)79-48(19-21-57(90)91)63(96)84-52(60(72)93)37-108-35-40-28-41-30-43(29-40)105-25-10-6-7-11-26-106-77-34-56(89)78-46(16-12-23-75-70(73)74)61(94)85-53(38-109-36-41)69(102)87-24-13-17-54(87)67(100)81-49(22-27-103-3)64(97)82-51(66(99)86-59)32-58(92)107-104-4/h8-9,14-15,28-30,33-34,39,46-54,59,76H,5-7,10-13,16-27,31-32,35-38H2,1-4H3,(H2,71,88)(H2,72,93)(H,78,89)(H,79,95)(H,80,98)(H,81,100)(H,82,97)(H,83,101)(H,84,96)(H,85,94)(H,86,99)(H,90,91)(H4,73,74,75)/b77-34+/t39-,46-,47-,48-,49-,50-,51-,52-,53-,54-,59-/m0/s1. The van der Waals surface area contributed by atoms with Crippen LogP contribution in [-0.2, 0) is 104 Å². The Hall–Kier alpha value is -10.3. The molecule has 598 valence electrons. The Labute approximate surface area is 637 Å². The molecule has 39 heteroatoms. The number of hydrogen-bond acceptors (Lipinski definition) is 23. The Morgan fingerprint density at radius 3 is 1.94 bits per heavy atom. The fourth-order valence-electron chi connectivity index (χ4n) is 12.0. The first-order valence-electron chi connectivity index (χ1n) is 35.9. The number of para-hydroxylation sites is 1. The number of carboxylic acids is 1. The van der Waals surface area contributed by atoms with E-state index in [1.54, 1.807) is 56.4 Å². The van der Waals surface area contributed by atoms with Gasteiger partial charge in [0.1, 0.15) is 79.0 Å². The van der Waals surface area contributed by atoms with Crippen molar-refractivity contribution < 1.29 is 96.3 Å². The van der Waals surface area contributed by atoms with E-state index in [1.807, 2.05) is 6.07 Å². The summed E-state index contributed by atoms with van der Waals surface area (Å²) in [6, 6.07) is -3.25. The van der Waals surface area contributed by atoms with Gasteiger partial charge in [0.15, 0.2) is 5.96 Å². The molecule has 0 saturated carbocycles. The van der Waals surface area contributed by atoms with Gasteiger partial charge < -0.3 is 100 Å². The topological polar surface area (TPSA) is 561 Å². The van der Waals surface area contributed by atoms with E-state index in [4.69, 9.17) is 42.1 Å². The summed E-state index contributed by atoms with van der Waals surface area (Å²) in [5.74, 6) is -14.7. The van der Waals surface area contributed by atoms with Crippen molar-refractivity contribution in [1.29, 1.82) is 0 Å². The number of aromatic nitrogens is 1. The van der Waals surface area contributed by atoms with E-state index in [9.17, 15) is 67.4 Å². The summed E-state index contributed by atoms with van der Waals surface area (Å²) in [4.78, 5) is 221. The smallest absolute Gasteiger partial charge is 0.344 e. The highest BCUT2D eigenvalue weighted by Crippen LogP contribution is 2.28.